The summed E-state index contributed by atoms with van der Waals surface area (Å²) in [6, 6.07) is 0.556. The molecule has 1 N–H and O–H groups in total. The van der Waals surface area contributed by atoms with Gasteiger partial charge in [-0.2, -0.15) is 0 Å². The third-order valence-electron chi connectivity index (χ3n) is 2.63. The molecule has 1 heterocycles. The summed E-state index contributed by atoms with van der Waals surface area (Å²) in [5, 5.41) is 3.43. The van der Waals surface area contributed by atoms with Crippen LogP contribution in [0.1, 0.15) is 27.2 Å². The molecule has 0 spiro atoms. The number of alkyl halides is 1. The van der Waals surface area contributed by atoms with E-state index in [-0.39, 0.29) is 0 Å². The lowest BCUT2D eigenvalue weighted by Gasteiger charge is -2.25. The number of halogens is 1. The van der Waals surface area contributed by atoms with Crippen molar-refractivity contribution in [2.24, 2.45) is 11.3 Å². The Kier molecular flexibility index (Phi) is 2.82. The first-order valence-corrected chi connectivity index (χ1v) is 4.87. The van der Waals surface area contributed by atoms with Crippen LogP contribution in [0.25, 0.3) is 0 Å². The first kappa shape index (κ1) is 9.34. The lowest BCUT2D eigenvalue weighted by atomic mass is 9.79. The van der Waals surface area contributed by atoms with Crippen LogP contribution >= 0.6 is 11.6 Å². The Morgan fingerprint density at radius 3 is 2.36 bits per heavy atom. The molecule has 66 valence electrons. The summed E-state index contributed by atoms with van der Waals surface area (Å²) < 4.78 is 0. The second-order valence-corrected chi connectivity index (χ2v) is 4.87. The molecular formula is C9H18ClN. The van der Waals surface area contributed by atoms with Crippen LogP contribution in [0.4, 0.5) is 0 Å². The topological polar surface area (TPSA) is 12.0 Å². The van der Waals surface area contributed by atoms with E-state index in [0.29, 0.717) is 11.5 Å². The Hall–Kier alpha value is 0.250. The highest BCUT2D eigenvalue weighted by Gasteiger charge is 2.31. The predicted molar refractivity (Wildman–Crippen MR) is 50.1 cm³/mol. The van der Waals surface area contributed by atoms with Crippen molar-refractivity contribution in [2.45, 2.75) is 33.2 Å². The van der Waals surface area contributed by atoms with Gasteiger partial charge in [0.05, 0.1) is 0 Å². The van der Waals surface area contributed by atoms with Crippen molar-refractivity contribution in [2.75, 3.05) is 12.4 Å². The zero-order valence-electron chi connectivity index (χ0n) is 7.65. The Morgan fingerprint density at radius 1 is 1.45 bits per heavy atom. The number of rotatable bonds is 1. The molecule has 0 aromatic heterocycles. The molecule has 0 aliphatic carbocycles. The van der Waals surface area contributed by atoms with Gasteiger partial charge in [-0.3, -0.25) is 0 Å². The SMILES string of the molecule is CC(C)(C)[C@@H]1CN[C@@H](CCl)C1. The van der Waals surface area contributed by atoms with Gasteiger partial charge in [0.15, 0.2) is 0 Å². The fourth-order valence-corrected chi connectivity index (χ4v) is 1.83. The van der Waals surface area contributed by atoms with E-state index >= 15 is 0 Å². The normalized spacial score (nSPS) is 32.7. The van der Waals surface area contributed by atoms with E-state index in [1.807, 2.05) is 0 Å². The third kappa shape index (κ3) is 2.34. The molecule has 1 rings (SSSR count). The molecule has 1 fully saturated rings. The fraction of sp³-hybridized carbons (Fsp3) is 1.00. The van der Waals surface area contributed by atoms with Crippen molar-refractivity contribution < 1.29 is 0 Å². The number of hydrogen-bond acceptors (Lipinski definition) is 1. The highest BCUT2D eigenvalue weighted by molar-refractivity contribution is 6.18. The van der Waals surface area contributed by atoms with Gasteiger partial charge in [-0.1, -0.05) is 20.8 Å². The summed E-state index contributed by atoms with van der Waals surface area (Å²) >= 11 is 5.76. The van der Waals surface area contributed by atoms with Crippen molar-refractivity contribution in [3.63, 3.8) is 0 Å². The van der Waals surface area contributed by atoms with E-state index < -0.39 is 0 Å². The van der Waals surface area contributed by atoms with Crippen LogP contribution in [0.15, 0.2) is 0 Å². The second-order valence-electron chi connectivity index (χ2n) is 4.56. The molecule has 1 aliphatic rings. The molecule has 0 radical (unpaired) electrons. The molecular weight excluding hydrogens is 158 g/mol. The summed E-state index contributed by atoms with van der Waals surface area (Å²) in [7, 11) is 0. The molecule has 0 saturated carbocycles. The quantitative estimate of drug-likeness (QED) is 0.603. The standard InChI is InChI=1S/C9H18ClN/c1-9(2,3)7-4-8(5-10)11-6-7/h7-8,11H,4-6H2,1-3H3/t7-,8+/m0/s1. The van der Waals surface area contributed by atoms with Crippen molar-refractivity contribution >= 4 is 11.6 Å². The lowest BCUT2D eigenvalue weighted by molar-refractivity contribution is 0.258. The van der Waals surface area contributed by atoms with Gasteiger partial charge in [-0.15, -0.1) is 11.6 Å². The molecule has 0 bridgehead atoms. The average Bonchev–Trinajstić information content (AvgIpc) is 2.32. The molecule has 1 saturated heterocycles. The second kappa shape index (κ2) is 3.32. The van der Waals surface area contributed by atoms with Gasteiger partial charge in [-0.05, 0) is 24.3 Å². The number of nitrogens with one attached hydrogen (secondary N) is 1. The highest BCUT2D eigenvalue weighted by atomic mass is 35.5. The van der Waals surface area contributed by atoms with Crippen LogP contribution in [0.3, 0.4) is 0 Å². The van der Waals surface area contributed by atoms with Crippen LogP contribution in [0.5, 0.6) is 0 Å². The van der Waals surface area contributed by atoms with Crippen LogP contribution < -0.4 is 5.32 Å². The van der Waals surface area contributed by atoms with Gasteiger partial charge in [0.1, 0.15) is 0 Å². The summed E-state index contributed by atoms with van der Waals surface area (Å²) in [4.78, 5) is 0. The Labute approximate surface area is 74.5 Å². The largest absolute Gasteiger partial charge is 0.312 e. The van der Waals surface area contributed by atoms with Crippen molar-refractivity contribution in [1.82, 2.24) is 5.32 Å². The van der Waals surface area contributed by atoms with Gasteiger partial charge < -0.3 is 5.32 Å². The minimum absolute atomic E-state index is 0.438. The molecule has 0 aromatic rings. The van der Waals surface area contributed by atoms with E-state index in [9.17, 15) is 0 Å². The first-order valence-electron chi connectivity index (χ1n) is 4.33. The van der Waals surface area contributed by atoms with Crippen molar-refractivity contribution in [3.05, 3.63) is 0 Å². The van der Waals surface area contributed by atoms with Crippen LogP contribution in [0.2, 0.25) is 0 Å². The van der Waals surface area contributed by atoms with Gasteiger partial charge in [-0.25, -0.2) is 0 Å². The molecule has 2 heteroatoms. The van der Waals surface area contributed by atoms with E-state index in [1.54, 1.807) is 0 Å². The molecule has 11 heavy (non-hydrogen) atoms. The minimum atomic E-state index is 0.438. The molecule has 1 aliphatic heterocycles. The van der Waals surface area contributed by atoms with Gasteiger partial charge in [0.25, 0.3) is 0 Å². The zero-order valence-corrected chi connectivity index (χ0v) is 8.41. The first-order chi connectivity index (χ1) is 5.04. The smallest absolute Gasteiger partial charge is 0.0377 e. The van der Waals surface area contributed by atoms with Crippen molar-refractivity contribution in [3.8, 4) is 0 Å². The lowest BCUT2D eigenvalue weighted by Crippen LogP contribution is -2.23. The maximum Gasteiger partial charge on any atom is 0.0377 e. The van der Waals surface area contributed by atoms with Crippen molar-refractivity contribution in [1.29, 1.82) is 0 Å². The summed E-state index contributed by atoms with van der Waals surface area (Å²) in [5.41, 5.74) is 0.438. The molecule has 0 amide bonds. The predicted octanol–water partition coefficient (Wildman–Crippen LogP) is 2.25. The van der Waals surface area contributed by atoms with E-state index in [2.05, 4.69) is 26.1 Å². The van der Waals surface area contributed by atoms with Crippen LogP contribution in [0, 0.1) is 11.3 Å². The van der Waals surface area contributed by atoms with Crippen LogP contribution in [-0.2, 0) is 0 Å². The molecule has 0 aromatic carbocycles. The molecule has 0 unspecified atom stereocenters. The van der Waals surface area contributed by atoms with E-state index in [4.69, 9.17) is 11.6 Å². The van der Waals surface area contributed by atoms with Gasteiger partial charge >= 0.3 is 0 Å². The summed E-state index contributed by atoms with van der Waals surface area (Å²) in [6.07, 6.45) is 1.24. The average molecular weight is 176 g/mol. The Balaban J connectivity index is 2.42. The maximum absolute atomic E-state index is 5.76. The fourth-order valence-electron chi connectivity index (χ4n) is 1.60. The van der Waals surface area contributed by atoms with Gasteiger partial charge in [0.2, 0.25) is 0 Å². The van der Waals surface area contributed by atoms with E-state index in [1.165, 1.54) is 6.42 Å². The highest BCUT2D eigenvalue weighted by Crippen LogP contribution is 2.32. The Bertz CT molecular complexity index is 128. The minimum Gasteiger partial charge on any atom is -0.312 e. The Morgan fingerprint density at radius 2 is 2.09 bits per heavy atom. The maximum atomic E-state index is 5.76. The third-order valence-corrected chi connectivity index (χ3v) is 3.01. The molecule has 1 nitrogen and oxygen atoms in total. The van der Waals surface area contributed by atoms with E-state index in [0.717, 1.165) is 18.3 Å². The monoisotopic (exact) mass is 175 g/mol. The summed E-state index contributed by atoms with van der Waals surface area (Å²) in [6.45, 7) is 8.04. The zero-order chi connectivity index (χ0) is 8.48. The number of hydrogen-bond donors (Lipinski definition) is 1. The van der Waals surface area contributed by atoms with Gasteiger partial charge in [0, 0.05) is 11.9 Å². The molecule has 2 atom stereocenters. The summed E-state index contributed by atoms with van der Waals surface area (Å²) in [5.74, 6) is 1.55. The van der Waals surface area contributed by atoms with Crippen LogP contribution in [-0.4, -0.2) is 18.5 Å².